The number of hydrogen-bond donors (Lipinski definition) is 1. The van der Waals surface area contributed by atoms with E-state index in [0.717, 1.165) is 31.5 Å². The average molecular weight is 328 g/mol. The number of non-ortho nitro benzene ring substituents is 1. The maximum atomic E-state index is 12.2. The highest BCUT2D eigenvalue weighted by molar-refractivity contribution is 5.85. The van der Waals surface area contributed by atoms with Gasteiger partial charge in [0.15, 0.2) is 0 Å². The first-order chi connectivity index (χ1) is 10.1. The topological polar surface area (TPSA) is 75.5 Å². The summed E-state index contributed by atoms with van der Waals surface area (Å²) in [4.78, 5) is 24.4. The number of likely N-dealkylation sites (N-methyl/N-ethyl adjacent to an activating group) is 1. The molecule has 0 saturated carbocycles. The SMILES string of the molecule is CNC1CCCN(C(=O)CCc2cccc([N+](=O)[O-])c2)C1.Cl. The van der Waals surface area contributed by atoms with Crippen LogP contribution in [0.2, 0.25) is 0 Å². The van der Waals surface area contributed by atoms with Crippen LogP contribution in [0.1, 0.15) is 24.8 Å². The van der Waals surface area contributed by atoms with E-state index in [0.29, 0.717) is 18.9 Å². The lowest BCUT2D eigenvalue weighted by Crippen LogP contribution is -2.47. The van der Waals surface area contributed by atoms with Crippen molar-refractivity contribution in [1.82, 2.24) is 10.2 Å². The van der Waals surface area contributed by atoms with Gasteiger partial charge in [-0.1, -0.05) is 12.1 Å². The summed E-state index contributed by atoms with van der Waals surface area (Å²) in [7, 11) is 1.92. The predicted molar refractivity (Wildman–Crippen MR) is 87.3 cm³/mol. The molecule has 1 aromatic rings. The number of piperidine rings is 1. The van der Waals surface area contributed by atoms with E-state index in [4.69, 9.17) is 0 Å². The van der Waals surface area contributed by atoms with Crippen molar-refractivity contribution in [3.63, 3.8) is 0 Å². The Bertz CT molecular complexity index is 525. The smallest absolute Gasteiger partial charge is 0.269 e. The molecule has 1 N–H and O–H groups in total. The molecule has 122 valence electrons. The number of nitro benzene ring substituents is 1. The molecular weight excluding hydrogens is 306 g/mol. The van der Waals surface area contributed by atoms with Gasteiger partial charge in [0, 0.05) is 37.7 Å². The number of nitrogens with zero attached hydrogens (tertiary/aromatic N) is 2. The number of amides is 1. The van der Waals surface area contributed by atoms with Crippen LogP contribution >= 0.6 is 12.4 Å². The predicted octanol–water partition coefficient (Wildman–Crippen LogP) is 2.16. The zero-order chi connectivity index (χ0) is 15.2. The summed E-state index contributed by atoms with van der Waals surface area (Å²) in [6, 6.07) is 6.87. The fraction of sp³-hybridized carbons (Fsp3) is 0.533. The quantitative estimate of drug-likeness (QED) is 0.664. The Balaban J connectivity index is 0.00000242. The van der Waals surface area contributed by atoms with Crippen LogP contribution < -0.4 is 5.32 Å². The van der Waals surface area contributed by atoms with Crippen molar-refractivity contribution in [3.8, 4) is 0 Å². The van der Waals surface area contributed by atoms with Crippen molar-refractivity contribution in [3.05, 3.63) is 39.9 Å². The van der Waals surface area contributed by atoms with E-state index in [1.54, 1.807) is 12.1 Å². The molecule has 1 unspecified atom stereocenters. The van der Waals surface area contributed by atoms with Crippen LogP contribution in [0.4, 0.5) is 5.69 Å². The molecule has 0 radical (unpaired) electrons. The number of nitrogens with one attached hydrogen (secondary N) is 1. The molecule has 1 heterocycles. The van der Waals surface area contributed by atoms with Gasteiger partial charge in [0.25, 0.3) is 5.69 Å². The van der Waals surface area contributed by atoms with Crippen LogP contribution in [-0.2, 0) is 11.2 Å². The van der Waals surface area contributed by atoms with Crippen molar-refractivity contribution < 1.29 is 9.72 Å². The molecule has 0 aliphatic carbocycles. The molecule has 0 aromatic heterocycles. The molecular formula is C15H22ClN3O3. The highest BCUT2D eigenvalue weighted by Gasteiger charge is 2.22. The van der Waals surface area contributed by atoms with Gasteiger partial charge >= 0.3 is 0 Å². The minimum atomic E-state index is -0.409. The summed E-state index contributed by atoms with van der Waals surface area (Å²) in [5, 5.41) is 13.9. The number of hydrogen-bond acceptors (Lipinski definition) is 4. The van der Waals surface area contributed by atoms with E-state index >= 15 is 0 Å². The Kier molecular flexibility index (Phi) is 7.27. The Morgan fingerprint density at radius 2 is 2.27 bits per heavy atom. The third-order valence-electron chi connectivity index (χ3n) is 3.93. The summed E-state index contributed by atoms with van der Waals surface area (Å²) in [5.74, 6) is 0.126. The van der Waals surface area contributed by atoms with E-state index in [2.05, 4.69) is 5.32 Å². The lowest BCUT2D eigenvalue weighted by Gasteiger charge is -2.32. The highest BCUT2D eigenvalue weighted by Crippen LogP contribution is 2.16. The Hall–Kier alpha value is -1.66. The first kappa shape index (κ1) is 18.4. The Morgan fingerprint density at radius 1 is 1.50 bits per heavy atom. The molecule has 22 heavy (non-hydrogen) atoms. The highest BCUT2D eigenvalue weighted by atomic mass is 35.5. The summed E-state index contributed by atoms with van der Waals surface area (Å²) >= 11 is 0. The number of aryl methyl sites for hydroxylation is 1. The number of carbonyl (C=O) groups is 1. The second-order valence-corrected chi connectivity index (χ2v) is 5.39. The first-order valence-electron chi connectivity index (χ1n) is 7.28. The van der Waals surface area contributed by atoms with Gasteiger partial charge in [-0.15, -0.1) is 12.4 Å². The third kappa shape index (κ3) is 4.96. The molecule has 0 spiro atoms. The maximum absolute atomic E-state index is 12.2. The van der Waals surface area contributed by atoms with Gasteiger partial charge in [-0.3, -0.25) is 14.9 Å². The Labute approximate surface area is 136 Å². The summed E-state index contributed by atoms with van der Waals surface area (Å²) in [6.45, 7) is 1.57. The van der Waals surface area contributed by atoms with Crippen molar-refractivity contribution in [1.29, 1.82) is 0 Å². The van der Waals surface area contributed by atoms with E-state index in [1.807, 2.05) is 18.0 Å². The largest absolute Gasteiger partial charge is 0.341 e. The lowest BCUT2D eigenvalue weighted by molar-refractivity contribution is -0.384. The maximum Gasteiger partial charge on any atom is 0.269 e. The van der Waals surface area contributed by atoms with Crippen LogP contribution in [0.3, 0.4) is 0 Å². The normalized spacial score (nSPS) is 17.7. The molecule has 2 rings (SSSR count). The zero-order valence-corrected chi connectivity index (χ0v) is 13.5. The standard InChI is InChI=1S/C15H21N3O3.ClH/c1-16-13-5-3-9-17(11-13)15(19)8-7-12-4-2-6-14(10-12)18(20)21;/h2,4,6,10,13,16H,3,5,7-9,11H2,1H3;1H. The number of benzene rings is 1. The number of halogens is 1. The number of rotatable bonds is 5. The van der Waals surface area contributed by atoms with Crippen molar-refractivity contribution in [2.45, 2.75) is 31.7 Å². The number of carbonyl (C=O) groups excluding carboxylic acids is 1. The molecule has 7 heteroatoms. The molecule has 1 saturated heterocycles. The van der Waals surface area contributed by atoms with Gasteiger partial charge in [0.1, 0.15) is 0 Å². The van der Waals surface area contributed by atoms with E-state index < -0.39 is 4.92 Å². The minimum Gasteiger partial charge on any atom is -0.341 e. The Morgan fingerprint density at radius 3 is 2.95 bits per heavy atom. The van der Waals surface area contributed by atoms with Gasteiger partial charge in [0.05, 0.1) is 4.92 Å². The number of likely N-dealkylation sites (tertiary alicyclic amines) is 1. The zero-order valence-electron chi connectivity index (χ0n) is 12.7. The van der Waals surface area contributed by atoms with Gasteiger partial charge < -0.3 is 10.2 Å². The lowest BCUT2D eigenvalue weighted by atomic mass is 10.0. The molecule has 6 nitrogen and oxygen atoms in total. The van der Waals surface area contributed by atoms with Gasteiger partial charge in [-0.2, -0.15) is 0 Å². The van der Waals surface area contributed by atoms with Crippen LogP contribution in [0.5, 0.6) is 0 Å². The number of nitro groups is 1. The first-order valence-corrected chi connectivity index (χ1v) is 7.28. The molecule has 1 amide bonds. The van der Waals surface area contributed by atoms with Crippen molar-refractivity contribution in [2.24, 2.45) is 0 Å². The van der Waals surface area contributed by atoms with Crippen molar-refractivity contribution >= 4 is 24.0 Å². The average Bonchev–Trinajstić information content (AvgIpc) is 2.53. The van der Waals surface area contributed by atoms with E-state index in [-0.39, 0.29) is 24.0 Å². The van der Waals surface area contributed by atoms with E-state index in [1.165, 1.54) is 6.07 Å². The molecule has 1 aliphatic rings. The molecule has 1 aliphatic heterocycles. The van der Waals surface area contributed by atoms with Crippen LogP contribution in [-0.4, -0.2) is 41.9 Å². The molecule has 0 bridgehead atoms. The summed E-state index contributed by atoms with van der Waals surface area (Å²) in [5.41, 5.74) is 0.910. The summed E-state index contributed by atoms with van der Waals surface area (Å²) < 4.78 is 0. The van der Waals surface area contributed by atoms with Crippen LogP contribution in [0, 0.1) is 10.1 Å². The molecule has 1 aromatic carbocycles. The molecule has 1 atom stereocenters. The fourth-order valence-corrected chi connectivity index (χ4v) is 2.67. The van der Waals surface area contributed by atoms with Crippen LogP contribution in [0.25, 0.3) is 0 Å². The van der Waals surface area contributed by atoms with Gasteiger partial charge in [-0.05, 0) is 31.9 Å². The monoisotopic (exact) mass is 327 g/mol. The third-order valence-corrected chi connectivity index (χ3v) is 3.93. The second-order valence-electron chi connectivity index (χ2n) is 5.39. The molecule has 1 fully saturated rings. The fourth-order valence-electron chi connectivity index (χ4n) is 2.67. The van der Waals surface area contributed by atoms with Crippen molar-refractivity contribution in [2.75, 3.05) is 20.1 Å². The van der Waals surface area contributed by atoms with E-state index in [9.17, 15) is 14.9 Å². The minimum absolute atomic E-state index is 0. The second kappa shape index (κ2) is 8.70. The van der Waals surface area contributed by atoms with Crippen LogP contribution in [0.15, 0.2) is 24.3 Å². The van der Waals surface area contributed by atoms with Gasteiger partial charge in [-0.25, -0.2) is 0 Å². The summed E-state index contributed by atoms with van der Waals surface area (Å²) in [6.07, 6.45) is 3.07. The van der Waals surface area contributed by atoms with Gasteiger partial charge in [0.2, 0.25) is 5.91 Å².